The molecule has 5 heteroatoms. The van der Waals surface area contributed by atoms with E-state index in [1.807, 2.05) is 37.3 Å². The predicted octanol–water partition coefficient (Wildman–Crippen LogP) is 3.26. The van der Waals surface area contributed by atoms with E-state index in [9.17, 15) is 14.7 Å². The van der Waals surface area contributed by atoms with Crippen LogP contribution >= 0.6 is 0 Å². The van der Waals surface area contributed by atoms with Crippen molar-refractivity contribution >= 4 is 11.7 Å². The third kappa shape index (κ3) is 3.05. The molecule has 1 aromatic carbocycles. The summed E-state index contributed by atoms with van der Waals surface area (Å²) in [6.07, 6.45) is 3.57. The van der Waals surface area contributed by atoms with Crippen molar-refractivity contribution in [1.82, 2.24) is 9.88 Å². The summed E-state index contributed by atoms with van der Waals surface area (Å²) in [5.41, 5.74) is 2.84. The standard InChI is InChI=1S/C20H20N2O3/c1-3-16(23)17-18(15-9-5-4-7-13(15)2)22(20(25)19(17)24)12-14-8-6-10-21-11-14/h4-11,18,24H,3,12H2,1-2H3. The van der Waals surface area contributed by atoms with E-state index in [1.54, 1.807) is 25.4 Å². The molecule has 1 unspecified atom stereocenters. The largest absolute Gasteiger partial charge is 0.503 e. The van der Waals surface area contributed by atoms with Gasteiger partial charge in [0.15, 0.2) is 11.5 Å². The number of benzene rings is 1. The fourth-order valence-corrected chi connectivity index (χ4v) is 3.20. The van der Waals surface area contributed by atoms with Gasteiger partial charge in [0.05, 0.1) is 11.6 Å². The van der Waals surface area contributed by atoms with Crippen molar-refractivity contribution in [3.8, 4) is 0 Å². The number of pyridine rings is 1. The van der Waals surface area contributed by atoms with Crippen LogP contribution in [0.5, 0.6) is 0 Å². The fourth-order valence-electron chi connectivity index (χ4n) is 3.20. The first-order valence-electron chi connectivity index (χ1n) is 8.26. The molecule has 2 aromatic rings. The Balaban J connectivity index is 2.09. The summed E-state index contributed by atoms with van der Waals surface area (Å²) < 4.78 is 0. The maximum absolute atomic E-state index is 12.7. The molecule has 0 bridgehead atoms. The number of ketones is 1. The molecule has 0 aliphatic carbocycles. The lowest BCUT2D eigenvalue weighted by atomic mass is 9.92. The highest BCUT2D eigenvalue weighted by Gasteiger charge is 2.43. The van der Waals surface area contributed by atoms with Crippen molar-refractivity contribution in [2.24, 2.45) is 0 Å². The van der Waals surface area contributed by atoms with Gasteiger partial charge in [-0.2, -0.15) is 0 Å². The molecule has 5 nitrogen and oxygen atoms in total. The first kappa shape index (κ1) is 16.9. The normalized spacial score (nSPS) is 17.3. The zero-order valence-electron chi connectivity index (χ0n) is 14.3. The van der Waals surface area contributed by atoms with Gasteiger partial charge in [-0.1, -0.05) is 37.3 Å². The quantitative estimate of drug-likeness (QED) is 0.910. The maximum Gasteiger partial charge on any atom is 0.290 e. The van der Waals surface area contributed by atoms with Crippen LogP contribution < -0.4 is 0 Å². The van der Waals surface area contributed by atoms with Gasteiger partial charge in [0.25, 0.3) is 5.91 Å². The summed E-state index contributed by atoms with van der Waals surface area (Å²) in [6, 6.07) is 10.7. The second kappa shape index (κ2) is 6.89. The van der Waals surface area contributed by atoms with E-state index < -0.39 is 17.7 Å². The molecule has 1 aromatic heterocycles. The Morgan fingerprint density at radius 2 is 2.00 bits per heavy atom. The minimum absolute atomic E-state index is 0.186. The Kier molecular flexibility index (Phi) is 4.65. The molecule has 0 saturated heterocycles. The van der Waals surface area contributed by atoms with Gasteiger partial charge >= 0.3 is 0 Å². The minimum Gasteiger partial charge on any atom is -0.503 e. The first-order valence-corrected chi connectivity index (χ1v) is 8.26. The smallest absolute Gasteiger partial charge is 0.290 e. The Morgan fingerprint density at radius 3 is 2.64 bits per heavy atom. The summed E-state index contributed by atoms with van der Waals surface area (Å²) in [5.74, 6) is -1.18. The zero-order chi connectivity index (χ0) is 18.0. The number of hydrogen-bond acceptors (Lipinski definition) is 4. The van der Waals surface area contributed by atoms with Crippen LogP contribution in [0.4, 0.5) is 0 Å². The Hall–Kier alpha value is -2.95. The van der Waals surface area contributed by atoms with Crippen molar-refractivity contribution in [1.29, 1.82) is 0 Å². The number of aryl methyl sites for hydroxylation is 1. The van der Waals surface area contributed by atoms with Crippen LogP contribution in [-0.2, 0) is 16.1 Å². The van der Waals surface area contributed by atoms with E-state index >= 15 is 0 Å². The average Bonchev–Trinajstić information content (AvgIpc) is 2.87. The Bertz CT molecular complexity index is 843. The molecule has 0 saturated carbocycles. The number of nitrogens with zero attached hydrogens (tertiary/aromatic N) is 2. The van der Waals surface area contributed by atoms with E-state index in [2.05, 4.69) is 4.98 Å². The lowest BCUT2D eigenvalue weighted by Gasteiger charge is -2.28. The zero-order valence-corrected chi connectivity index (χ0v) is 14.3. The van der Waals surface area contributed by atoms with Crippen LogP contribution in [0.25, 0.3) is 0 Å². The van der Waals surface area contributed by atoms with Gasteiger partial charge in [-0.15, -0.1) is 0 Å². The number of hydrogen-bond donors (Lipinski definition) is 1. The molecule has 1 N–H and O–H groups in total. The second-order valence-electron chi connectivity index (χ2n) is 6.09. The molecule has 1 atom stereocenters. The van der Waals surface area contributed by atoms with Gasteiger partial charge in [0.2, 0.25) is 0 Å². The number of amides is 1. The number of aliphatic hydroxyl groups is 1. The van der Waals surface area contributed by atoms with Crippen LogP contribution in [0.2, 0.25) is 0 Å². The van der Waals surface area contributed by atoms with Gasteiger partial charge in [-0.25, -0.2) is 0 Å². The molecule has 1 amide bonds. The highest BCUT2D eigenvalue weighted by Crippen LogP contribution is 2.40. The fraction of sp³-hybridized carbons (Fsp3) is 0.250. The Labute approximate surface area is 146 Å². The molecule has 1 aliphatic heterocycles. The second-order valence-corrected chi connectivity index (χ2v) is 6.09. The van der Waals surface area contributed by atoms with Gasteiger partial charge in [0.1, 0.15) is 0 Å². The monoisotopic (exact) mass is 336 g/mol. The highest BCUT2D eigenvalue weighted by molar-refractivity contribution is 6.08. The summed E-state index contributed by atoms with van der Waals surface area (Å²) in [4.78, 5) is 30.7. The summed E-state index contributed by atoms with van der Waals surface area (Å²) in [5, 5.41) is 10.4. The lowest BCUT2D eigenvalue weighted by Crippen LogP contribution is -2.31. The average molecular weight is 336 g/mol. The topological polar surface area (TPSA) is 70.5 Å². The number of carbonyl (C=O) groups excluding carboxylic acids is 2. The molecule has 128 valence electrons. The number of Topliss-reactive ketones (excluding diaryl/α,β-unsaturated/α-hetero) is 1. The molecule has 3 rings (SSSR count). The van der Waals surface area contributed by atoms with Crippen LogP contribution in [0.15, 0.2) is 60.1 Å². The van der Waals surface area contributed by atoms with Crippen molar-refractivity contribution in [3.63, 3.8) is 0 Å². The lowest BCUT2D eigenvalue weighted by molar-refractivity contribution is -0.130. The van der Waals surface area contributed by atoms with E-state index in [0.717, 1.165) is 16.7 Å². The van der Waals surface area contributed by atoms with E-state index in [4.69, 9.17) is 0 Å². The van der Waals surface area contributed by atoms with Gasteiger partial charge < -0.3 is 10.0 Å². The van der Waals surface area contributed by atoms with Crippen molar-refractivity contribution in [2.45, 2.75) is 32.9 Å². The van der Waals surface area contributed by atoms with Crippen LogP contribution in [-0.4, -0.2) is 26.7 Å². The van der Waals surface area contributed by atoms with Crippen LogP contribution in [0.3, 0.4) is 0 Å². The van der Waals surface area contributed by atoms with Gasteiger partial charge in [-0.05, 0) is 29.7 Å². The van der Waals surface area contributed by atoms with E-state index in [0.29, 0.717) is 0 Å². The number of aliphatic hydroxyl groups excluding tert-OH is 1. The summed E-state index contributed by atoms with van der Waals surface area (Å²) >= 11 is 0. The summed E-state index contributed by atoms with van der Waals surface area (Å²) in [6.45, 7) is 3.94. The molecular weight excluding hydrogens is 316 g/mol. The third-order valence-corrected chi connectivity index (χ3v) is 4.48. The molecule has 2 heterocycles. The van der Waals surface area contributed by atoms with Crippen molar-refractivity contribution < 1.29 is 14.7 Å². The molecule has 25 heavy (non-hydrogen) atoms. The van der Waals surface area contributed by atoms with Gasteiger partial charge in [0, 0.05) is 25.4 Å². The summed E-state index contributed by atoms with van der Waals surface area (Å²) in [7, 11) is 0. The number of aromatic nitrogens is 1. The minimum atomic E-state index is -0.582. The molecule has 0 radical (unpaired) electrons. The van der Waals surface area contributed by atoms with E-state index in [1.165, 1.54) is 4.90 Å². The molecule has 0 fully saturated rings. The number of rotatable bonds is 5. The Morgan fingerprint density at radius 1 is 1.24 bits per heavy atom. The third-order valence-electron chi connectivity index (χ3n) is 4.48. The first-order chi connectivity index (χ1) is 12.0. The SMILES string of the molecule is CCC(=O)C1=C(O)C(=O)N(Cc2cccnc2)C1c1ccccc1C. The maximum atomic E-state index is 12.7. The van der Waals surface area contributed by atoms with Crippen molar-refractivity contribution in [2.75, 3.05) is 0 Å². The van der Waals surface area contributed by atoms with Crippen molar-refractivity contribution in [3.05, 3.63) is 76.8 Å². The number of carbonyl (C=O) groups is 2. The van der Waals surface area contributed by atoms with Crippen LogP contribution in [0.1, 0.15) is 36.1 Å². The molecule has 0 spiro atoms. The highest BCUT2D eigenvalue weighted by atomic mass is 16.3. The van der Waals surface area contributed by atoms with Crippen LogP contribution in [0, 0.1) is 6.92 Å². The predicted molar refractivity (Wildman–Crippen MR) is 93.7 cm³/mol. The van der Waals surface area contributed by atoms with Gasteiger partial charge in [-0.3, -0.25) is 14.6 Å². The molecule has 1 aliphatic rings. The van der Waals surface area contributed by atoms with E-state index in [-0.39, 0.29) is 24.3 Å². The molecular formula is C20H20N2O3.